The second-order valence-corrected chi connectivity index (χ2v) is 8.05. The summed E-state index contributed by atoms with van der Waals surface area (Å²) in [6.45, 7) is 10.6. The summed E-state index contributed by atoms with van der Waals surface area (Å²) in [5.74, 6) is 0.517. The van der Waals surface area contributed by atoms with Crippen molar-refractivity contribution in [3.63, 3.8) is 0 Å². The number of nitrogens with zero attached hydrogens (tertiary/aromatic N) is 3. The first kappa shape index (κ1) is 18.0. The molecule has 0 aliphatic carbocycles. The quantitative estimate of drug-likeness (QED) is 0.784. The van der Waals surface area contributed by atoms with Crippen LogP contribution < -0.4 is 0 Å². The maximum Gasteiger partial charge on any atom is 0.320 e. The summed E-state index contributed by atoms with van der Waals surface area (Å²) in [6, 6.07) is 0.712. The van der Waals surface area contributed by atoms with E-state index >= 15 is 0 Å². The monoisotopic (exact) mass is 339 g/mol. The minimum absolute atomic E-state index is 0.170. The number of carbonyl (C=O) groups is 1. The fourth-order valence-corrected chi connectivity index (χ4v) is 4.06. The predicted octanol–water partition coefficient (Wildman–Crippen LogP) is 1.65. The first-order valence-corrected chi connectivity index (χ1v) is 9.45. The Morgan fingerprint density at radius 3 is 2.71 bits per heavy atom. The third kappa shape index (κ3) is 4.03. The van der Waals surface area contributed by atoms with Gasteiger partial charge in [0.1, 0.15) is 5.60 Å². The van der Waals surface area contributed by atoms with Crippen LogP contribution in [0.5, 0.6) is 0 Å². The smallest absolute Gasteiger partial charge is 0.320 e. The normalized spacial score (nSPS) is 31.5. The minimum Gasteiger partial charge on any atom is -0.377 e. The van der Waals surface area contributed by atoms with E-state index in [4.69, 9.17) is 9.47 Å². The van der Waals surface area contributed by atoms with Crippen molar-refractivity contribution in [2.75, 3.05) is 59.6 Å². The maximum absolute atomic E-state index is 12.8. The second kappa shape index (κ2) is 7.58. The molecule has 138 valence electrons. The van der Waals surface area contributed by atoms with Crippen LogP contribution in [0, 0.1) is 5.92 Å². The lowest BCUT2D eigenvalue weighted by atomic mass is 9.93. The fourth-order valence-electron chi connectivity index (χ4n) is 4.06. The molecule has 3 heterocycles. The van der Waals surface area contributed by atoms with E-state index in [0.717, 1.165) is 45.5 Å². The van der Waals surface area contributed by atoms with Crippen molar-refractivity contribution in [2.45, 2.75) is 44.8 Å². The average Bonchev–Trinajstić information content (AvgIpc) is 3.15. The summed E-state index contributed by atoms with van der Waals surface area (Å²) in [5, 5.41) is 0. The lowest BCUT2D eigenvalue weighted by Crippen LogP contribution is -2.50. The van der Waals surface area contributed by atoms with Crippen LogP contribution >= 0.6 is 0 Å². The first-order valence-electron chi connectivity index (χ1n) is 9.45. The molecule has 6 heteroatoms. The molecule has 0 radical (unpaired) electrons. The van der Waals surface area contributed by atoms with E-state index in [9.17, 15) is 4.79 Å². The van der Waals surface area contributed by atoms with Crippen LogP contribution in [0.3, 0.4) is 0 Å². The molecule has 0 N–H and O–H groups in total. The molecule has 3 saturated heterocycles. The molecule has 0 saturated carbocycles. The third-order valence-electron chi connectivity index (χ3n) is 5.71. The molecule has 0 unspecified atom stereocenters. The van der Waals surface area contributed by atoms with Gasteiger partial charge in [-0.05, 0) is 46.1 Å². The molecule has 0 aromatic heterocycles. The van der Waals surface area contributed by atoms with Crippen molar-refractivity contribution in [2.24, 2.45) is 5.92 Å². The van der Waals surface area contributed by atoms with E-state index in [0.29, 0.717) is 38.3 Å². The Balaban J connectivity index is 1.61. The standard InChI is InChI=1S/C18H33N3O3/c1-15(2)19(3)11-16-10-18(24-12-16)13-21(8-9-23-14-18)17(22)20-6-4-5-7-20/h15-16H,4-14H2,1-3H3/t16-,18-/m1/s1. The van der Waals surface area contributed by atoms with Gasteiger partial charge in [-0.2, -0.15) is 0 Å². The Morgan fingerprint density at radius 2 is 2.00 bits per heavy atom. The number of carbonyl (C=O) groups excluding carboxylic acids is 1. The molecule has 3 aliphatic rings. The molecule has 6 nitrogen and oxygen atoms in total. The van der Waals surface area contributed by atoms with Crippen molar-refractivity contribution >= 4 is 6.03 Å². The highest BCUT2D eigenvalue weighted by Crippen LogP contribution is 2.33. The average molecular weight is 339 g/mol. The zero-order valence-corrected chi connectivity index (χ0v) is 15.5. The van der Waals surface area contributed by atoms with Gasteiger partial charge in [0.15, 0.2) is 0 Å². The van der Waals surface area contributed by atoms with Crippen molar-refractivity contribution < 1.29 is 14.3 Å². The minimum atomic E-state index is -0.311. The van der Waals surface area contributed by atoms with Crippen LogP contribution in [-0.2, 0) is 9.47 Å². The van der Waals surface area contributed by atoms with Gasteiger partial charge < -0.3 is 24.2 Å². The van der Waals surface area contributed by atoms with Crippen LogP contribution in [0.4, 0.5) is 4.79 Å². The molecule has 3 rings (SSSR count). The molecule has 2 atom stereocenters. The van der Waals surface area contributed by atoms with Gasteiger partial charge in [-0.25, -0.2) is 4.79 Å². The van der Waals surface area contributed by atoms with E-state index in [1.165, 1.54) is 0 Å². The summed E-state index contributed by atoms with van der Waals surface area (Å²) < 4.78 is 12.1. The van der Waals surface area contributed by atoms with Crippen molar-refractivity contribution in [1.29, 1.82) is 0 Å². The number of rotatable bonds is 3. The van der Waals surface area contributed by atoms with Crippen LogP contribution in [0.15, 0.2) is 0 Å². The predicted molar refractivity (Wildman–Crippen MR) is 93.2 cm³/mol. The topological polar surface area (TPSA) is 45.3 Å². The highest BCUT2D eigenvalue weighted by atomic mass is 16.5. The molecule has 0 aromatic carbocycles. The molecular weight excluding hydrogens is 306 g/mol. The van der Waals surface area contributed by atoms with E-state index in [-0.39, 0.29) is 11.6 Å². The Hall–Kier alpha value is -0.850. The van der Waals surface area contributed by atoms with Crippen LogP contribution in [0.25, 0.3) is 0 Å². The van der Waals surface area contributed by atoms with Gasteiger partial charge in [0, 0.05) is 32.2 Å². The number of hydrogen-bond donors (Lipinski definition) is 0. The molecular formula is C18H33N3O3. The number of ether oxygens (including phenoxy) is 2. The van der Waals surface area contributed by atoms with Crippen molar-refractivity contribution in [1.82, 2.24) is 14.7 Å². The van der Waals surface area contributed by atoms with E-state index in [2.05, 4.69) is 25.8 Å². The summed E-state index contributed by atoms with van der Waals surface area (Å²) in [6.07, 6.45) is 3.23. The molecule has 24 heavy (non-hydrogen) atoms. The molecule has 3 fully saturated rings. The van der Waals surface area contributed by atoms with Gasteiger partial charge in [-0.15, -0.1) is 0 Å². The molecule has 2 amide bonds. The highest BCUT2D eigenvalue weighted by molar-refractivity contribution is 5.74. The first-order chi connectivity index (χ1) is 11.5. The number of urea groups is 1. The van der Waals surface area contributed by atoms with Crippen molar-refractivity contribution in [3.8, 4) is 0 Å². The Morgan fingerprint density at radius 1 is 1.25 bits per heavy atom. The van der Waals surface area contributed by atoms with Gasteiger partial charge in [0.05, 0.1) is 26.4 Å². The SMILES string of the molecule is CC(C)N(C)C[C@@H]1CO[C@]2(COCCN(C(=O)N3CCCC3)C2)C1. The zero-order valence-electron chi connectivity index (χ0n) is 15.5. The Kier molecular flexibility index (Phi) is 5.67. The molecule has 0 aromatic rings. The molecule has 3 aliphatic heterocycles. The second-order valence-electron chi connectivity index (χ2n) is 8.05. The van der Waals surface area contributed by atoms with Crippen LogP contribution in [0.1, 0.15) is 33.1 Å². The van der Waals surface area contributed by atoms with E-state index in [1.54, 1.807) is 0 Å². The largest absolute Gasteiger partial charge is 0.377 e. The zero-order chi connectivity index (χ0) is 17.2. The lowest BCUT2D eigenvalue weighted by molar-refractivity contribution is -0.0537. The lowest BCUT2D eigenvalue weighted by Gasteiger charge is -2.33. The summed E-state index contributed by atoms with van der Waals surface area (Å²) in [5.41, 5.74) is -0.311. The number of amides is 2. The number of likely N-dealkylation sites (tertiary alicyclic amines) is 1. The van der Waals surface area contributed by atoms with Gasteiger partial charge in [0.2, 0.25) is 0 Å². The Labute approximate surface area is 146 Å². The fraction of sp³-hybridized carbons (Fsp3) is 0.944. The van der Waals surface area contributed by atoms with Crippen LogP contribution in [0.2, 0.25) is 0 Å². The van der Waals surface area contributed by atoms with Gasteiger partial charge in [-0.3, -0.25) is 0 Å². The summed E-state index contributed by atoms with van der Waals surface area (Å²) in [4.78, 5) is 19.1. The summed E-state index contributed by atoms with van der Waals surface area (Å²) in [7, 11) is 2.17. The van der Waals surface area contributed by atoms with Gasteiger partial charge >= 0.3 is 6.03 Å². The van der Waals surface area contributed by atoms with E-state index < -0.39 is 0 Å². The van der Waals surface area contributed by atoms with Crippen LogP contribution in [-0.4, -0.2) is 92.0 Å². The van der Waals surface area contributed by atoms with Gasteiger partial charge in [-0.1, -0.05) is 0 Å². The van der Waals surface area contributed by atoms with E-state index in [1.807, 2.05) is 9.80 Å². The Bertz CT molecular complexity index is 439. The van der Waals surface area contributed by atoms with Gasteiger partial charge in [0.25, 0.3) is 0 Å². The maximum atomic E-state index is 12.8. The van der Waals surface area contributed by atoms with Crippen molar-refractivity contribution in [3.05, 3.63) is 0 Å². The summed E-state index contributed by atoms with van der Waals surface area (Å²) >= 11 is 0. The molecule has 0 bridgehead atoms. The molecule has 1 spiro atoms. The third-order valence-corrected chi connectivity index (χ3v) is 5.71. The highest BCUT2D eigenvalue weighted by Gasteiger charge is 2.45. The number of hydrogen-bond acceptors (Lipinski definition) is 4.